The molecule has 6 nitrogen and oxygen atoms in total. The average molecular weight is 259 g/mol. The summed E-state index contributed by atoms with van der Waals surface area (Å²) in [4.78, 5) is 14.6. The van der Waals surface area contributed by atoms with Gasteiger partial charge in [0.1, 0.15) is 0 Å². The molecule has 1 aliphatic heterocycles. The number of hydrogen-bond acceptors (Lipinski definition) is 5. The fourth-order valence-electron chi connectivity index (χ4n) is 2.33. The molecule has 1 aromatic carbocycles. The van der Waals surface area contributed by atoms with E-state index >= 15 is 0 Å². The summed E-state index contributed by atoms with van der Waals surface area (Å²) in [7, 11) is 0. The number of ether oxygens (including phenoxy) is 1. The number of hydrogen-bond donors (Lipinski definition) is 1. The maximum atomic E-state index is 11.0. The van der Waals surface area contributed by atoms with Gasteiger partial charge in [-0.1, -0.05) is 0 Å². The van der Waals surface area contributed by atoms with E-state index in [4.69, 9.17) is 4.74 Å². The van der Waals surface area contributed by atoms with E-state index in [1.54, 1.807) is 18.3 Å². The van der Waals surface area contributed by atoms with Crippen molar-refractivity contribution in [1.29, 1.82) is 0 Å². The highest BCUT2D eigenvalue weighted by Crippen LogP contribution is 2.31. The Morgan fingerprint density at radius 1 is 1.37 bits per heavy atom. The number of nitro benzene ring substituents is 1. The molecule has 0 aliphatic carbocycles. The van der Waals surface area contributed by atoms with Crippen molar-refractivity contribution in [3.8, 4) is 0 Å². The molecule has 98 valence electrons. The summed E-state index contributed by atoms with van der Waals surface area (Å²) in [6.45, 7) is 1.42. The molecule has 0 saturated carbocycles. The predicted octanol–water partition coefficient (Wildman–Crippen LogP) is 2.34. The summed E-state index contributed by atoms with van der Waals surface area (Å²) in [5.41, 5.74) is 0.967. The van der Waals surface area contributed by atoms with Gasteiger partial charge in [-0.25, -0.2) is 0 Å². The Morgan fingerprint density at radius 3 is 3.00 bits per heavy atom. The predicted molar refractivity (Wildman–Crippen MR) is 71.2 cm³/mol. The summed E-state index contributed by atoms with van der Waals surface area (Å²) in [6, 6.07) is 5.32. The lowest BCUT2D eigenvalue weighted by Gasteiger charge is -2.14. The van der Waals surface area contributed by atoms with Crippen LogP contribution in [0, 0.1) is 10.1 Å². The minimum atomic E-state index is -0.382. The smallest absolute Gasteiger partial charge is 0.278 e. The molecule has 0 spiro atoms. The normalized spacial score (nSPS) is 18.6. The van der Waals surface area contributed by atoms with Crippen molar-refractivity contribution < 1.29 is 9.66 Å². The van der Waals surface area contributed by atoms with Crippen LogP contribution in [-0.2, 0) is 4.74 Å². The molecule has 2 aromatic rings. The quantitative estimate of drug-likeness (QED) is 0.676. The number of fused-ring (bicyclic) bond motifs is 1. The summed E-state index contributed by atoms with van der Waals surface area (Å²) >= 11 is 0. The molecular weight excluding hydrogens is 246 g/mol. The molecule has 1 unspecified atom stereocenters. The summed E-state index contributed by atoms with van der Waals surface area (Å²) in [5.74, 6) is 0. The molecule has 3 rings (SSSR count). The molecule has 6 heteroatoms. The number of anilines is 1. The summed E-state index contributed by atoms with van der Waals surface area (Å²) in [5, 5.41) is 15.8. The number of benzene rings is 1. The number of nitrogens with zero attached hydrogens (tertiary/aromatic N) is 2. The zero-order chi connectivity index (χ0) is 13.2. The second-order valence-electron chi connectivity index (χ2n) is 4.52. The van der Waals surface area contributed by atoms with Crippen LogP contribution in [0.2, 0.25) is 0 Å². The van der Waals surface area contributed by atoms with Crippen LogP contribution < -0.4 is 5.32 Å². The molecule has 1 saturated heterocycles. The highest BCUT2D eigenvalue weighted by Gasteiger charge is 2.19. The molecule has 2 heterocycles. The van der Waals surface area contributed by atoms with Gasteiger partial charge in [-0.2, -0.15) is 0 Å². The minimum Gasteiger partial charge on any atom is -0.379 e. The van der Waals surface area contributed by atoms with Crippen LogP contribution in [-0.4, -0.2) is 29.2 Å². The standard InChI is InChI=1S/C13H13N3O3/c17-16(18)13-2-1-12(15-9-4-6-19-8-9)10-3-5-14-7-11(10)13/h1-3,5,7,9,15H,4,6,8H2. The Kier molecular flexibility index (Phi) is 3.00. The number of nitrogens with one attached hydrogen (secondary N) is 1. The fourth-order valence-corrected chi connectivity index (χ4v) is 2.33. The fraction of sp³-hybridized carbons (Fsp3) is 0.308. The Balaban J connectivity index is 2.05. The van der Waals surface area contributed by atoms with Gasteiger partial charge in [0.2, 0.25) is 0 Å². The summed E-state index contributed by atoms with van der Waals surface area (Å²) < 4.78 is 5.32. The molecule has 0 radical (unpaired) electrons. The average Bonchev–Trinajstić information content (AvgIpc) is 2.91. The largest absolute Gasteiger partial charge is 0.379 e. The third-order valence-electron chi connectivity index (χ3n) is 3.28. The van der Waals surface area contributed by atoms with E-state index in [9.17, 15) is 10.1 Å². The van der Waals surface area contributed by atoms with Crippen LogP contribution in [0.25, 0.3) is 10.8 Å². The van der Waals surface area contributed by atoms with E-state index in [-0.39, 0.29) is 16.7 Å². The Morgan fingerprint density at radius 2 is 2.26 bits per heavy atom. The molecule has 0 bridgehead atoms. The van der Waals surface area contributed by atoms with Crippen LogP contribution in [0.5, 0.6) is 0 Å². The van der Waals surface area contributed by atoms with Gasteiger partial charge >= 0.3 is 0 Å². The van der Waals surface area contributed by atoms with Gasteiger partial charge in [0.25, 0.3) is 5.69 Å². The summed E-state index contributed by atoms with van der Waals surface area (Å²) in [6.07, 6.45) is 4.12. The number of aromatic nitrogens is 1. The van der Waals surface area contributed by atoms with Crippen LogP contribution in [0.4, 0.5) is 11.4 Å². The van der Waals surface area contributed by atoms with Crippen LogP contribution in [0.3, 0.4) is 0 Å². The van der Waals surface area contributed by atoms with Crippen molar-refractivity contribution in [2.75, 3.05) is 18.5 Å². The first kappa shape index (κ1) is 11.9. The van der Waals surface area contributed by atoms with E-state index in [0.29, 0.717) is 12.0 Å². The van der Waals surface area contributed by atoms with E-state index in [0.717, 1.165) is 24.1 Å². The lowest BCUT2D eigenvalue weighted by molar-refractivity contribution is -0.383. The van der Waals surface area contributed by atoms with Crippen molar-refractivity contribution in [1.82, 2.24) is 4.98 Å². The monoisotopic (exact) mass is 259 g/mol. The van der Waals surface area contributed by atoms with Crippen molar-refractivity contribution >= 4 is 22.1 Å². The number of nitro groups is 1. The molecule has 19 heavy (non-hydrogen) atoms. The third-order valence-corrected chi connectivity index (χ3v) is 3.28. The first-order chi connectivity index (χ1) is 9.25. The van der Waals surface area contributed by atoms with Gasteiger partial charge < -0.3 is 10.1 Å². The second kappa shape index (κ2) is 4.81. The minimum absolute atomic E-state index is 0.0799. The van der Waals surface area contributed by atoms with Crippen molar-refractivity contribution in [3.05, 3.63) is 40.7 Å². The molecule has 0 amide bonds. The molecule has 1 fully saturated rings. The van der Waals surface area contributed by atoms with Gasteiger partial charge in [0, 0.05) is 36.1 Å². The number of non-ortho nitro benzene ring substituents is 1. The van der Waals surface area contributed by atoms with Crippen molar-refractivity contribution in [2.24, 2.45) is 0 Å². The Labute approximate surface area is 109 Å². The van der Waals surface area contributed by atoms with Gasteiger partial charge in [-0.15, -0.1) is 0 Å². The first-order valence-electron chi connectivity index (χ1n) is 6.11. The lowest BCUT2D eigenvalue weighted by Crippen LogP contribution is -2.19. The highest BCUT2D eigenvalue weighted by atomic mass is 16.6. The van der Waals surface area contributed by atoms with Gasteiger partial charge in [-0.3, -0.25) is 15.1 Å². The first-order valence-corrected chi connectivity index (χ1v) is 6.11. The molecule has 1 aromatic heterocycles. The zero-order valence-corrected chi connectivity index (χ0v) is 10.2. The van der Waals surface area contributed by atoms with Crippen LogP contribution in [0.1, 0.15) is 6.42 Å². The Hall–Kier alpha value is -2.21. The van der Waals surface area contributed by atoms with Gasteiger partial charge in [0.15, 0.2) is 0 Å². The van der Waals surface area contributed by atoms with Crippen LogP contribution >= 0.6 is 0 Å². The van der Waals surface area contributed by atoms with Crippen molar-refractivity contribution in [2.45, 2.75) is 12.5 Å². The number of pyridine rings is 1. The maximum Gasteiger partial charge on any atom is 0.278 e. The van der Waals surface area contributed by atoms with Gasteiger partial charge in [0.05, 0.1) is 23.0 Å². The maximum absolute atomic E-state index is 11.0. The van der Waals surface area contributed by atoms with E-state index in [1.807, 2.05) is 0 Å². The molecule has 1 atom stereocenters. The van der Waals surface area contributed by atoms with E-state index in [2.05, 4.69) is 10.3 Å². The topological polar surface area (TPSA) is 77.3 Å². The lowest BCUT2D eigenvalue weighted by atomic mass is 10.1. The van der Waals surface area contributed by atoms with E-state index in [1.165, 1.54) is 12.3 Å². The SMILES string of the molecule is O=[N+]([O-])c1ccc(NC2CCOC2)c2ccncc12. The van der Waals surface area contributed by atoms with Crippen molar-refractivity contribution in [3.63, 3.8) is 0 Å². The van der Waals surface area contributed by atoms with E-state index < -0.39 is 0 Å². The number of rotatable bonds is 3. The van der Waals surface area contributed by atoms with Crippen LogP contribution in [0.15, 0.2) is 30.6 Å². The molecular formula is C13H13N3O3. The highest BCUT2D eigenvalue weighted by molar-refractivity contribution is 5.99. The third kappa shape index (κ3) is 2.22. The molecule has 1 aliphatic rings. The van der Waals surface area contributed by atoms with Gasteiger partial charge in [-0.05, 0) is 18.6 Å². The Bertz CT molecular complexity index is 624. The second-order valence-corrected chi connectivity index (χ2v) is 4.52. The zero-order valence-electron chi connectivity index (χ0n) is 10.2. The molecule has 1 N–H and O–H groups in total.